The summed E-state index contributed by atoms with van der Waals surface area (Å²) in [5.74, 6) is 1.01. The van der Waals surface area contributed by atoms with Crippen LogP contribution in [0.3, 0.4) is 0 Å². The smallest absolute Gasteiger partial charge is 0.0893 e. The lowest BCUT2D eigenvalue weighted by Crippen LogP contribution is -2.26. The van der Waals surface area contributed by atoms with Gasteiger partial charge in [-0.2, -0.15) is 0 Å². The molecule has 0 bridgehead atoms. The molecule has 0 amide bonds. The Kier molecular flexibility index (Phi) is 19.3. The van der Waals surface area contributed by atoms with E-state index in [2.05, 4.69) is 73.0 Å². The van der Waals surface area contributed by atoms with Gasteiger partial charge in [-0.3, -0.25) is 5.41 Å². The molecule has 1 rings (SSSR count). The quantitative estimate of drug-likeness (QED) is 0.0556. The lowest BCUT2D eigenvalue weighted by atomic mass is 10.1. The Balaban J connectivity index is 2.69. The summed E-state index contributed by atoms with van der Waals surface area (Å²) in [7, 11) is 2.10. The van der Waals surface area contributed by atoms with Crippen LogP contribution in [-0.4, -0.2) is 49.5 Å². The Hall–Kier alpha value is -2.95. The maximum absolute atomic E-state index is 8.13. The van der Waals surface area contributed by atoms with E-state index in [1.165, 1.54) is 19.2 Å². The molecule has 0 aromatic heterocycles. The number of rotatable bonds is 21. The van der Waals surface area contributed by atoms with Crippen molar-refractivity contribution in [3.63, 3.8) is 0 Å². The molecule has 0 saturated carbocycles. The molecular weight excluding hydrogens is 458 g/mol. The Morgan fingerprint density at radius 2 is 1.84 bits per heavy atom. The Labute approximate surface area is 227 Å². The van der Waals surface area contributed by atoms with E-state index in [-0.39, 0.29) is 0 Å². The number of ether oxygens (including phenoxy) is 2. The highest BCUT2D eigenvalue weighted by Gasteiger charge is 2.12. The van der Waals surface area contributed by atoms with Gasteiger partial charge in [-0.15, -0.1) is 6.58 Å². The van der Waals surface area contributed by atoms with Crippen molar-refractivity contribution in [3.05, 3.63) is 84.7 Å². The molecule has 5 nitrogen and oxygen atoms in total. The molecule has 0 heterocycles. The van der Waals surface area contributed by atoms with Gasteiger partial charge in [-0.1, -0.05) is 49.5 Å². The van der Waals surface area contributed by atoms with E-state index in [0.717, 1.165) is 81.5 Å². The minimum Gasteiger partial charge on any atom is -0.502 e. The van der Waals surface area contributed by atoms with Crippen molar-refractivity contribution in [2.45, 2.75) is 78.1 Å². The fourth-order valence-corrected chi connectivity index (χ4v) is 3.81. The van der Waals surface area contributed by atoms with Crippen molar-refractivity contribution in [1.82, 2.24) is 9.80 Å². The van der Waals surface area contributed by atoms with Crippen LogP contribution in [0.1, 0.15) is 78.1 Å². The molecule has 1 aliphatic rings. The van der Waals surface area contributed by atoms with Crippen LogP contribution in [0, 0.1) is 5.41 Å². The predicted octanol–water partition coefficient (Wildman–Crippen LogP) is 8.28. The first-order chi connectivity index (χ1) is 18.1. The molecule has 37 heavy (non-hydrogen) atoms. The van der Waals surface area contributed by atoms with Crippen LogP contribution in [0.2, 0.25) is 0 Å². The molecule has 1 N–H and O–H groups in total. The average Bonchev–Trinajstić information content (AvgIpc) is 2.87. The molecule has 206 valence electrons. The molecule has 0 unspecified atom stereocenters. The van der Waals surface area contributed by atoms with Gasteiger partial charge in [-0.05, 0) is 82.8 Å². The number of hydrogen-bond acceptors (Lipinski definition) is 4. The van der Waals surface area contributed by atoms with Crippen LogP contribution in [-0.2, 0) is 9.47 Å². The Morgan fingerprint density at radius 3 is 2.62 bits per heavy atom. The molecule has 0 aliphatic heterocycles. The van der Waals surface area contributed by atoms with Crippen LogP contribution < -0.4 is 0 Å². The molecular formula is C32H51N3O2. The topological polar surface area (TPSA) is 48.8 Å². The van der Waals surface area contributed by atoms with Crippen molar-refractivity contribution in [2.24, 2.45) is 0 Å². The van der Waals surface area contributed by atoms with Crippen LogP contribution in [0.25, 0.3) is 0 Å². The van der Waals surface area contributed by atoms with Gasteiger partial charge in [-0.25, -0.2) is 0 Å². The third kappa shape index (κ3) is 16.4. The molecule has 0 aromatic carbocycles. The maximum atomic E-state index is 8.13. The van der Waals surface area contributed by atoms with E-state index in [1.807, 2.05) is 19.1 Å². The molecule has 0 radical (unpaired) electrons. The lowest BCUT2D eigenvalue weighted by molar-refractivity contribution is 0.199. The zero-order valence-corrected chi connectivity index (χ0v) is 23.7. The largest absolute Gasteiger partial charge is 0.502 e. The summed E-state index contributed by atoms with van der Waals surface area (Å²) in [5.41, 5.74) is 2.22. The highest BCUT2D eigenvalue weighted by molar-refractivity contribution is 5.58. The predicted molar refractivity (Wildman–Crippen MR) is 159 cm³/mol. The van der Waals surface area contributed by atoms with Crippen LogP contribution in [0.4, 0.5) is 0 Å². The first-order valence-electron chi connectivity index (χ1n) is 14.0. The molecule has 0 atom stereocenters. The molecule has 1 aliphatic carbocycles. The fraction of sp³-hybridized carbons (Fsp3) is 0.531. The third-order valence-electron chi connectivity index (χ3n) is 5.93. The summed E-state index contributed by atoms with van der Waals surface area (Å²) in [4.78, 5) is 4.26. The second-order valence-electron chi connectivity index (χ2n) is 9.27. The first-order valence-corrected chi connectivity index (χ1v) is 14.0. The van der Waals surface area contributed by atoms with Crippen LogP contribution in [0.5, 0.6) is 0 Å². The summed E-state index contributed by atoms with van der Waals surface area (Å²) >= 11 is 0. The zero-order chi connectivity index (χ0) is 27.0. The number of nitrogens with zero attached hydrogens (tertiary/aromatic N) is 2. The fourth-order valence-electron chi connectivity index (χ4n) is 3.81. The number of unbranched alkanes of at least 4 members (excludes halogenated alkanes) is 4. The van der Waals surface area contributed by atoms with Gasteiger partial charge in [0.05, 0.1) is 37.3 Å². The zero-order valence-electron chi connectivity index (χ0n) is 23.7. The van der Waals surface area contributed by atoms with Crippen molar-refractivity contribution in [2.75, 3.05) is 33.4 Å². The summed E-state index contributed by atoms with van der Waals surface area (Å²) < 4.78 is 11.5. The highest BCUT2D eigenvalue weighted by atomic mass is 16.5. The van der Waals surface area contributed by atoms with Gasteiger partial charge >= 0.3 is 0 Å². The van der Waals surface area contributed by atoms with E-state index in [1.54, 1.807) is 6.26 Å². The van der Waals surface area contributed by atoms with E-state index >= 15 is 0 Å². The van der Waals surface area contributed by atoms with Gasteiger partial charge in [0.1, 0.15) is 0 Å². The molecule has 0 spiro atoms. The summed E-state index contributed by atoms with van der Waals surface area (Å²) in [6, 6.07) is 0. The normalized spacial score (nSPS) is 15.9. The second kappa shape index (κ2) is 22.3. The number of allylic oxidation sites excluding steroid dienone is 9. The van der Waals surface area contributed by atoms with Gasteiger partial charge in [0.15, 0.2) is 0 Å². The van der Waals surface area contributed by atoms with Crippen molar-refractivity contribution in [3.8, 4) is 0 Å². The van der Waals surface area contributed by atoms with E-state index in [9.17, 15) is 0 Å². The van der Waals surface area contributed by atoms with Gasteiger partial charge < -0.3 is 19.3 Å². The SMILES string of the molecule is C=CCCCC/C=C(\C)OCCCN(C)/C=C(/C1=CC/C=C\C/C=C\1)N(C=N)CCCCO/C=C/CC. The van der Waals surface area contributed by atoms with E-state index < -0.39 is 0 Å². The van der Waals surface area contributed by atoms with Crippen molar-refractivity contribution in [1.29, 1.82) is 5.41 Å². The standard InChI is InChI=1S/C32H51N3O2/c1-5-7-9-11-14-20-30(3)37-27-19-23-34(4)28-32(31-21-15-12-10-13-16-22-31)35(29-33)24-17-18-26-36-25-8-6-2/h5,8,10,12,16,20-22,25,28-29,33H,1,6-7,9,11,13-15,17-19,23-24,26-27H2,2-4H3/b12-10-,22-16-,25-8+,30-20+,31-21?,32-28-,33-29?. The monoisotopic (exact) mass is 509 g/mol. The first kappa shape index (κ1) is 32.1. The summed E-state index contributed by atoms with van der Waals surface area (Å²) in [6.07, 6.45) is 32.8. The minimum atomic E-state index is 0.705. The van der Waals surface area contributed by atoms with Crippen LogP contribution >= 0.6 is 0 Å². The minimum absolute atomic E-state index is 0.705. The lowest BCUT2D eigenvalue weighted by Gasteiger charge is -2.26. The highest BCUT2D eigenvalue weighted by Crippen LogP contribution is 2.20. The Morgan fingerprint density at radius 1 is 1.03 bits per heavy atom. The van der Waals surface area contributed by atoms with Gasteiger partial charge in [0.25, 0.3) is 0 Å². The van der Waals surface area contributed by atoms with E-state index in [0.29, 0.717) is 13.2 Å². The van der Waals surface area contributed by atoms with Gasteiger partial charge in [0, 0.05) is 26.3 Å². The number of nitrogens with one attached hydrogen (secondary N) is 1. The number of hydrogen-bond donors (Lipinski definition) is 1. The van der Waals surface area contributed by atoms with Crippen molar-refractivity contribution < 1.29 is 9.47 Å². The maximum Gasteiger partial charge on any atom is 0.0893 e. The summed E-state index contributed by atoms with van der Waals surface area (Å²) in [5, 5.41) is 8.13. The third-order valence-corrected chi connectivity index (χ3v) is 5.93. The second-order valence-corrected chi connectivity index (χ2v) is 9.27. The average molecular weight is 510 g/mol. The van der Waals surface area contributed by atoms with E-state index in [4.69, 9.17) is 14.9 Å². The summed E-state index contributed by atoms with van der Waals surface area (Å²) in [6.45, 7) is 11.0. The molecule has 0 saturated heterocycles. The molecule has 5 heteroatoms. The van der Waals surface area contributed by atoms with Crippen LogP contribution in [0.15, 0.2) is 84.7 Å². The van der Waals surface area contributed by atoms with Crippen molar-refractivity contribution >= 4 is 6.34 Å². The molecule has 0 aromatic rings. The Bertz CT molecular complexity index is 805. The molecule has 0 fully saturated rings. The van der Waals surface area contributed by atoms with Gasteiger partial charge in [0.2, 0.25) is 0 Å².